The zero-order valence-electron chi connectivity index (χ0n) is 13.9. The van der Waals surface area contributed by atoms with Gasteiger partial charge in [-0.05, 0) is 30.5 Å². The first kappa shape index (κ1) is 18.3. The highest BCUT2D eigenvalue weighted by Gasteiger charge is 2.36. The molecular formula is C17H23F2N3O2. The van der Waals surface area contributed by atoms with Crippen LogP contribution < -0.4 is 11.1 Å². The summed E-state index contributed by atoms with van der Waals surface area (Å²) in [6, 6.07) is 2.42. The number of benzene rings is 1. The highest BCUT2D eigenvalue weighted by Crippen LogP contribution is 2.30. The Morgan fingerprint density at radius 3 is 2.50 bits per heavy atom. The lowest BCUT2D eigenvalue weighted by molar-refractivity contribution is -0.131. The standard InChI is InChI=1S/C17H23F2N3O2/c1-11(23)21-14(16-12(18)4-3-5-13(16)19)8-15(24)22-7-6-17(2,9-20)10-22/h3-5,14H,6-10,20H2,1-2H3,(H,21,23). The molecule has 1 heterocycles. The lowest BCUT2D eigenvalue weighted by atomic mass is 9.90. The molecule has 0 spiro atoms. The molecule has 2 atom stereocenters. The van der Waals surface area contributed by atoms with E-state index in [1.54, 1.807) is 4.90 Å². The van der Waals surface area contributed by atoms with Crippen LogP contribution in [0.2, 0.25) is 0 Å². The number of nitrogens with one attached hydrogen (secondary N) is 1. The Bertz CT molecular complexity index is 618. The Labute approximate surface area is 140 Å². The van der Waals surface area contributed by atoms with Crippen LogP contribution in [0.4, 0.5) is 8.78 Å². The average Bonchev–Trinajstić information content (AvgIpc) is 2.90. The van der Waals surface area contributed by atoms with Gasteiger partial charge in [-0.3, -0.25) is 9.59 Å². The zero-order valence-corrected chi connectivity index (χ0v) is 13.9. The van der Waals surface area contributed by atoms with E-state index in [0.29, 0.717) is 19.6 Å². The summed E-state index contributed by atoms with van der Waals surface area (Å²) < 4.78 is 28.0. The van der Waals surface area contributed by atoms with Gasteiger partial charge < -0.3 is 16.0 Å². The van der Waals surface area contributed by atoms with Crippen LogP contribution in [0.15, 0.2) is 18.2 Å². The second-order valence-corrected chi connectivity index (χ2v) is 6.67. The van der Waals surface area contributed by atoms with Crippen molar-refractivity contribution < 1.29 is 18.4 Å². The Morgan fingerprint density at radius 2 is 2.00 bits per heavy atom. The lowest BCUT2D eigenvalue weighted by Crippen LogP contribution is -2.37. The summed E-state index contributed by atoms with van der Waals surface area (Å²) in [6.07, 6.45) is 0.589. The second kappa shape index (κ2) is 7.25. The molecule has 2 amide bonds. The van der Waals surface area contributed by atoms with Gasteiger partial charge in [0.25, 0.3) is 0 Å². The summed E-state index contributed by atoms with van der Waals surface area (Å²) in [6.45, 7) is 4.78. The van der Waals surface area contributed by atoms with E-state index in [0.717, 1.165) is 18.6 Å². The normalized spacial score (nSPS) is 21.6. The molecule has 0 saturated carbocycles. The van der Waals surface area contributed by atoms with Crippen molar-refractivity contribution in [2.45, 2.75) is 32.7 Å². The third kappa shape index (κ3) is 4.08. The van der Waals surface area contributed by atoms with E-state index in [9.17, 15) is 18.4 Å². The summed E-state index contributed by atoms with van der Waals surface area (Å²) in [5.41, 5.74) is 5.31. The molecule has 2 rings (SSSR count). The van der Waals surface area contributed by atoms with E-state index in [1.165, 1.54) is 13.0 Å². The first-order valence-corrected chi connectivity index (χ1v) is 7.94. The van der Waals surface area contributed by atoms with Gasteiger partial charge >= 0.3 is 0 Å². The van der Waals surface area contributed by atoms with Crippen molar-refractivity contribution in [1.82, 2.24) is 10.2 Å². The molecule has 1 aliphatic heterocycles. The first-order chi connectivity index (χ1) is 11.3. The molecule has 1 aliphatic rings. The van der Waals surface area contributed by atoms with Gasteiger partial charge in [-0.1, -0.05) is 13.0 Å². The van der Waals surface area contributed by atoms with Crippen LogP contribution in [0, 0.1) is 17.0 Å². The number of likely N-dealkylation sites (tertiary alicyclic amines) is 1. The van der Waals surface area contributed by atoms with E-state index in [4.69, 9.17) is 5.73 Å². The van der Waals surface area contributed by atoms with Crippen molar-refractivity contribution in [2.75, 3.05) is 19.6 Å². The topological polar surface area (TPSA) is 75.4 Å². The molecule has 7 heteroatoms. The van der Waals surface area contributed by atoms with Gasteiger partial charge in [-0.2, -0.15) is 0 Å². The highest BCUT2D eigenvalue weighted by atomic mass is 19.1. The maximum atomic E-state index is 14.0. The molecule has 3 N–H and O–H groups in total. The Hall–Kier alpha value is -2.02. The predicted molar refractivity (Wildman–Crippen MR) is 85.9 cm³/mol. The van der Waals surface area contributed by atoms with Gasteiger partial charge in [-0.15, -0.1) is 0 Å². The van der Waals surface area contributed by atoms with Crippen LogP contribution in [-0.2, 0) is 9.59 Å². The quantitative estimate of drug-likeness (QED) is 0.858. The van der Waals surface area contributed by atoms with Crippen molar-refractivity contribution in [3.05, 3.63) is 35.4 Å². The number of rotatable bonds is 5. The second-order valence-electron chi connectivity index (χ2n) is 6.67. The minimum atomic E-state index is -1.04. The molecule has 1 aromatic carbocycles. The smallest absolute Gasteiger partial charge is 0.225 e. The fourth-order valence-corrected chi connectivity index (χ4v) is 3.02. The Balaban J connectivity index is 2.18. The van der Waals surface area contributed by atoms with E-state index in [-0.39, 0.29) is 23.3 Å². The minimum absolute atomic E-state index is 0.137. The summed E-state index contributed by atoms with van der Waals surface area (Å²) >= 11 is 0. The molecular weight excluding hydrogens is 316 g/mol. The predicted octanol–water partition coefficient (Wildman–Crippen LogP) is 1.73. The van der Waals surface area contributed by atoms with Gasteiger partial charge in [0.1, 0.15) is 11.6 Å². The average molecular weight is 339 g/mol. The zero-order chi connectivity index (χ0) is 17.9. The molecule has 2 unspecified atom stereocenters. The molecule has 0 bridgehead atoms. The number of hydrogen-bond acceptors (Lipinski definition) is 3. The van der Waals surface area contributed by atoms with Crippen LogP contribution in [0.5, 0.6) is 0 Å². The monoisotopic (exact) mass is 339 g/mol. The summed E-state index contributed by atoms with van der Waals surface area (Å²) in [7, 11) is 0. The van der Waals surface area contributed by atoms with E-state index >= 15 is 0 Å². The number of halogens is 2. The molecule has 1 saturated heterocycles. The molecule has 0 radical (unpaired) electrons. The van der Waals surface area contributed by atoms with Crippen LogP contribution in [0.1, 0.15) is 38.3 Å². The maximum Gasteiger partial charge on any atom is 0.225 e. The summed E-state index contributed by atoms with van der Waals surface area (Å²) in [5, 5.41) is 2.48. The maximum absolute atomic E-state index is 14.0. The van der Waals surface area contributed by atoms with Crippen molar-refractivity contribution in [1.29, 1.82) is 0 Å². The third-order valence-corrected chi connectivity index (χ3v) is 4.51. The Morgan fingerprint density at radius 1 is 1.38 bits per heavy atom. The number of amides is 2. The fraction of sp³-hybridized carbons (Fsp3) is 0.529. The van der Waals surface area contributed by atoms with E-state index in [2.05, 4.69) is 5.32 Å². The molecule has 1 aromatic rings. The van der Waals surface area contributed by atoms with Crippen LogP contribution >= 0.6 is 0 Å². The van der Waals surface area contributed by atoms with E-state index in [1.807, 2.05) is 6.92 Å². The third-order valence-electron chi connectivity index (χ3n) is 4.51. The summed E-state index contributed by atoms with van der Waals surface area (Å²) in [4.78, 5) is 25.6. The van der Waals surface area contributed by atoms with Crippen molar-refractivity contribution in [3.63, 3.8) is 0 Å². The number of carbonyl (C=O) groups excluding carboxylic acids is 2. The Kier molecular flexibility index (Phi) is 5.54. The fourth-order valence-electron chi connectivity index (χ4n) is 3.02. The van der Waals surface area contributed by atoms with Gasteiger partial charge in [0.2, 0.25) is 11.8 Å². The molecule has 1 fully saturated rings. The molecule has 24 heavy (non-hydrogen) atoms. The number of carbonyl (C=O) groups is 2. The summed E-state index contributed by atoms with van der Waals surface area (Å²) in [5.74, 6) is -2.28. The lowest BCUT2D eigenvalue weighted by Gasteiger charge is -2.25. The van der Waals surface area contributed by atoms with Crippen molar-refractivity contribution in [3.8, 4) is 0 Å². The van der Waals surface area contributed by atoms with Gasteiger partial charge in [0.05, 0.1) is 12.5 Å². The van der Waals surface area contributed by atoms with Gasteiger partial charge in [0.15, 0.2) is 0 Å². The highest BCUT2D eigenvalue weighted by molar-refractivity contribution is 5.79. The van der Waals surface area contributed by atoms with Gasteiger partial charge in [0, 0.05) is 25.6 Å². The SMILES string of the molecule is CC(=O)NC(CC(=O)N1CCC(C)(CN)C1)c1c(F)cccc1F. The largest absolute Gasteiger partial charge is 0.349 e. The first-order valence-electron chi connectivity index (χ1n) is 7.94. The van der Waals surface area contributed by atoms with E-state index < -0.39 is 23.6 Å². The molecule has 5 nitrogen and oxygen atoms in total. The van der Waals surface area contributed by atoms with Gasteiger partial charge in [-0.25, -0.2) is 8.78 Å². The van der Waals surface area contributed by atoms with Crippen LogP contribution in [0.3, 0.4) is 0 Å². The molecule has 0 aliphatic carbocycles. The number of nitrogens with zero attached hydrogens (tertiary/aromatic N) is 1. The van der Waals surface area contributed by atoms with Crippen LogP contribution in [-0.4, -0.2) is 36.3 Å². The number of nitrogens with two attached hydrogens (primary N) is 1. The number of hydrogen-bond donors (Lipinski definition) is 2. The van der Waals surface area contributed by atoms with Crippen LogP contribution in [0.25, 0.3) is 0 Å². The van der Waals surface area contributed by atoms with Crippen molar-refractivity contribution >= 4 is 11.8 Å². The molecule has 132 valence electrons. The minimum Gasteiger partial charge on any atom is -0.349 e. The van der Waals surface area contributed by atoms with Crippen molar-refractivity contribution in [2.24, 2.45) is 11.1 Å². The molecule has 0 aromatic heterocycles.